The van der Waals surface area contributed by atoms with Gasteiger partial charge in [0.05, 0.1) is 6.61 Å². The van der Waals surface area contributed by atoms with Crippen molar-refractivity contribution in [1.29, 1.82) is 0 Å². The largest absolute Gasteiger partial charge is 0.394 e. The first-order valence-electron chi connectivity index (χ1n) is 3.95. The second-order valence-corrected chi connectivity index (χ2v) is 2.97. The van der Waals surface area contributed by atoms with Gasteiger partial charge in [0, 0.05) is 0 Å². The molecule has 0 aromatic rings. The van der Waals surface area contributed by atoms with Gasteiger partial charge in [0.1, 0.15) is 18.3 Å². The second-order valence-electron chi connectivity index (χ2n) is 2.97. The van der Waals surface area contributed by atoms with Crippen LogP contribution in [0.2, 0.25) is 0 Å². The van der Waals surface area contributed by atoms with Crippen molar-refractivity contribution in [2.24, 2.45) is 5.73 Å². The van der Waals surface area contributed by atoms with Crippen LogP contribution in [0.5, 0.6) is 0 Å². The van der Waals surface area contributed by atoms with Gasteiger partial charge in [0.25, 0.3) is 5.91 Å². The van der Waals surface area contributed by atoms with Gasteiger partial charge in [-0.25, -0.2) is 0 Å². The average Bonchev–Trinajstić information content (AvgIpc) is 2.24. The van der Waals surface area contributed by atoms with Crippen molar-refractivity contribution in [3.05, 3.63) is 0 Å². The van der Waals surface area contributed by atoms with Crippen molar-refractivity contribution in [1.82, 2.24) is 0 Å². The number of primary amides is 1. The monoisotopic (exact) mass is 223 g/mol. The van der Waals surface area contributed by atoms with E-state index in [1.54, 1.807) is 0 Å². The molecule has 0 aliphatic heterocycles. The third-order valence-corrected chi connectivity index (χ3v) is 1.98. The van der Waals surface area contributed by atoms with Crippen LogP contribution in [0.3, 0.4) is 0 Å². The molecule has 0 rings (SSSR count). The fourth-order valence-electron chi connectivity index (χ4n) is 0.963. The van der Waals surface area contributed by atoms with Crippen molar-refractivity contribution in [2.45, 2.75) is 23.9 Å². The maximum atomic E-state index is 10.8. The Morgan fingerprint density at radius 1 is 1.40 bits per heavy atom. The van der Waals surface area contributed by atoms with E-state index in [1.807, 2.05) is 0 Å². The number of amides is 1. The van der Waals surface area contributed by atoms with E-state index in [0.717, 1.165) is 0 Å². The summed E-state index contributed by atoms with van der Waals surface area (Å²) >= 11 is 0. The van der Waals surface area contributed by atoms with Crippen molar-refractivity contribution in [3.8, 4) is 0 Å². The molecule has 0 aromatic heterocycles. The molecule has 0 heterocycles. The van der Waals surface area contributed by atoms with Gasteiger partial charge in [0.15, 0.2) is 6.29 Å². The van der Waals surface area contributed by atoms with Gasteiger partial charge in [0.2, 0.25) is 5.60 Å². The average molecular weight is 223 g/mol. The number of aliphatic hydroxyl groups is 5. The first kappa shape index (κ1) is 13.9. The summed E-state index contributed by atoms with van der Waals surface area (Å²) in [6, 6.07) is 0. The van der Waals surface area contributed by atoms with Crippen LogP contribution in [0.25, 0.3) is 0 Å². The number of aliphatic hydroxyl groups excluding tert-OH is 4. The van der Waals surface area contributed by atoms with Gasteiger partial charge in [-0.3, -0.25) is 4.79 Å². The number of nitrogens with two attached hydrogens (primary N) is 1. The van der Waals surface area contributed by atoms with E-state index < -0.39 is 36.4 Å². The molecule has 0 saturated heterocycles. The lowest BCUT2D eigenvalue weighted by Crippen LogP contribution is -2.65. The van der Waals surface area contributed by atoms with Crippen LogP contribution < -0.4 is 5.73 Å². The summed E-state index contributed by atoms with van der Waals surface area (Å²) in [6.45, 7) is -0.984. The molecule has 0 aliphatic rings. The van der Waals surface area contributed by atoms with Crippen molar-refractivity contribution in [3.63, 3.8) is 0 Å². The van der Waals surface area contributed by atoms with E-state index in [1.165, 1.54) is 0 Å². The minimum atomic E-state index is -3.04. The predicted molar refractivity (Wildman–Crippen MR) is 45.3 cm³/mol. The van der Waals surface area contributed by atoms with E-state index >= 15 is 0 Å². The van der Waals surface area contributed by atoms with Gasteiger partial charge in [-0.15, -0.1) is 0 Å². The molecule has 0 saturated carbocycles. The van der Waals surface area contributed by atoms with E-state index in [4.69, 9.17) is 15.3 Å². The topological polar surface area (TPSA) is 161 Å². The molecule has 0 aromatic carbocycles. The number of hydrogen-bond donors (Lipinski definition) is 6. The molecule has 0 aliphatic carbocycles. The summed E-state index contributed by atoms with van der Waals surface area (Å²) in [5.41, 5.74) is 1.64. The summed E-state index contributed by atoms with van der Waals surface area (Å²) in [6.07, 6.45) is -6.72. The molecular formula is C7H13NO7. The number of aldehydes is 1. The Hall–Kier alpha value is -1.06. The van der Waals surface area contributed by atoms with Crippen molar-refractivity contribution in [2.75, 3.05) is 6.61 Å². The Morgan fingerprint density at radius 2 is 1.87 bits per heavy atom. The highest BCUT2D eigenvalue weighted by Gasteiger charge is 2.51. The molecule has 88 valence electrons. The first-order chi connectivity index (χ1) is 6.82. The lowest BCUT2D eigenvalue weighted by molar-refractivity contribution is -0.188. The summed E-state index contributed by atoms with van der Waals surface area (Å²) in [5, 5.41) is 45.1. The summed E-state index contributed by atoms with van der Waals surface area (Å²) in [7, 11) is 0. The molecule has 0 radical (unpaired) electrons. The third kappa shape index (κ3) is 2.49. The fraction of sp³-hybridized carbons (Fsp3) is 0.714. The zero-order chi connectivity index (χ0) is 12.2. The Morgan fingerprint density at radius 3 is 2.13 bits per heavy atom. The molecule has 0 bridgehead atoms. The van der Waals surface area contributed by atoms with Crippen LogP contribution in [-0.4, -0.2) is 68.2 Å². The molecule has 4 atom stereocenters. The minimum absolute atomic E-state index is 0.224. The van der Waals surface area contributed by atoms with Crippen LogP contribution in [0.1, 0.15) is 0 Å². The van der Waals surface area contributed by atoms with Crippen LogP contribution in [0.4, 0.5) is 0 Å². The number of carbonyl (C=O) groups is 2. The second kappa shape index (κ2) is 5.14. The van der Waals surface area contributed by atoms with Crippen molar-refractivity contribution < 1.29 is 35.1 Å². The lowest BCUT2D eigenvalue weighted by Gasteiger charge is -2.33. The summed E-state index contributed by atoms with van der Waals surface area (Å²) in [4.78, 5) is 21.0. The van der Waals surface area contributed by atoms with Crippen molar-refractivity contribution >= 4 is 12.2 Å². The standard InChI is InChI=1S/C7H13NO7/c8-6(14)7(15,4(12)2-10)5(13)3(11)1-9/h2-5,9,11-13,15H,1H2,(H2,8,14). The summed E-state index contributed by atoms with van der Waals surface area (Å²) < 4.78 is 0. The number of hydrogen-bond acceptors (Lipinski definition) is 7. The van der Waals surface area contributed by atoms with Gasteiger partial charge >= 0.3 is 0 Å². The zero-order valence-corrected chi connectivity index (χ0v) is 7.65. The van der Waals surface area contributed by atoms with Gasteiger partial charge in [-0.2, -0.15) is 0 Å². The van der Waals surface area contributed by atoms with Crippen LogP contribution in [-0.2, 0) is 9.59 Å². The lowest BCUT2D eigenvalue weighted by atomic mass is 9.87. The minimum Gasteiger partial charge on any atom is -0.394 e. The summed E-state index contributed by atoms with van der Waals surface area (Å²) in [5.74, 6) is -1.60. The molecule has 0 spiro atoms. The predicted octanol–water partition coefficient (Wildman–Crippen LogP) is -4.52. The molecule has 7 N–H and O–H groups in total. The highest BCUT2D eigenvalue weighted by molar-refractivity contribution is 5.88. The number of carbonyl (C=O) groups excluding carboxylic acids is 2. The molecule has 4 unspecified atom stereocenters. The van der Waals surface area contributed by atoms with E-state index in [-0.39, 0.29) is 6.29 Å². The van der Waals surface area contributed by atoms with Crippen LogP contribution in [0.15, 0.2) is 0 Å². The van der Waals surface area contributed by atoms with Gasteiger partial charge < -0.3 is 36.1 Å². The van der Waals surface area contributed by atoms with Gasteiger partial charge in [-0.1, -0.05) is 0 Å². The molecular weight excluding hydrogens is 210 g/mol. The normalized spacial score (nSPS) is 21.1. The van der Waals surface area contributed by atoms with E-state index in [9.17, 15) is 19.8 Å². The molecule has 8 heteroatoms. The molecule has 8 nitrogen and oxygen atoms in total. The Balaban J connectivity index is 5.10. The zero-order valence-electron chi connectivity index (χ0n) is 7.65. The maximum Gasteiger partial charge on any atom is 0.255 e. The fourth-order valence-corrected chi connectivity index (χ4v) is 0.963. The molecule has 1 amide bonds. The first-order valence-corrected chi connectivity index (χ1v) is 3.95. The molecule has 15 heavy (non-hydrogen) atoms. The molecule has 0 fully saturated rings. The highest BCUT2D eigenvalue weighted by atomic mass is 16.4. The van der Waals surface area contributed by atoms with Gasteiger partial charge in [-0.05, 0) is 0 Å². The highest BCUT2D eigenvalue weighted by Crippen LogP contribution is 2.17. The maximum absolute atomic E-state index is 10.8. The third-order valence-electron chi connectivity index (χ3n) is 1.98. The Labute approximate surface area is 84.6 Å². The van der Waals surface area contributed by atoms with E-state index in [2.05, 4.69) is 5.73 Å². The smallest absolute Gasteiger partial charge is 0.255 e. The van der Waals surface area contributed by atoms with Crippen LogP contribution >= 0.6 is 0 Å². The quantitative estimate of drug-likeness (QED) is 0.247. The van der Waals surface area contributed by atoms with Crippen LogP contribution in [0, 0.1) is 0 Å². The van der Waals surface area contributed by atoms with E-state index in [0.29, 0.717) is 0 Å². The Kier molecular flexibility index (Phi) is 4.78. The SMILES string of the molecule is NC(=O)C(O)(C(O)C=O)C(O)C(O)CO. The Bertz CT molecular complexity index is 245. The number of rotatable bonds is 6.